The number of nitrogens with zero attached hydrogens (tertiary/aromatic N) is 2. The minimum atomic E-state index is -0.311. The minimum absolute atomic E-state index is 0.110. The Morgan fingerprint density at radius 3 is 2.39 bits per heavy atom. The number of hydrogen-bond acceptors (Lipinski definition) is 5. The lowest BCUT2D eigenvalue weighted by Gasteiger charge is -2.14. The molecule has 4 aromatic rings. The van der Waals surface area contributed by atoms with E-state index in [4.69, 9.17) is 17.0 Å². The van der Waals surface area contributed by atoms with Crippen molar-refractivity contribution in [1.29, 1.82) is 0 Å². The number of anilines is 1. The molecule has 0 aliphatic carbocycles. The molecule has 0 radical (unpaired) electrons. The van der Waals surface area contributed by atoms with Crippen molar-refractivity contribution in [2.45, 2.75) is 13.5 Å². The van der Waals surface area contributed by atoms with E-state index in [9.17, 15) is 4.79 Å². The van der Waals surface area contributed by atoms with Crippen molar-refractivity contribution < 1.29 is 9.53 Å². The van der Waals surface area contributed by atoms with E-state index in [1.165, 1.54) is 0 Å². The van der Waals surface area contributed by atoms with Crippen molar-refractivity contribution in [3.63, 3.8) is 0 Å². The molecular weight excluding hydrogens is 408 g/mol. The Morgan fingerprint density at radius 1 is 0.935 bits per heavy atom. The Labute approximate surface area is 185 Å². The number of aryl methyl sites for hydroxylation is 1. The van der Waals surface area contributed by atoms with Crippen LogP contribution in [0.1, 0.15) is 21.5 Å². The zero-order valence-corrected chi connectivity index (χ0v) is 17.6. The summed E-state index contributed by atoms with van der Waals surface area (Å²) >= 11 is 5.33. The van der Waals surface area contributed by atoms with E-state index >= 15 is 0 Å². The molecular formula is C24H20N4O2S. The van der Waals surface area contributed by atoms with Crippen molar-refractivity contribution >= 4 is 40.1 Å². The monoisotopic (exact) mass is 428 g/mol. The largest absolute Gasteiger partial charge is 0.470 e. The maximum absolute atomic E-state index is 12.4. The third-order valence-corrected chi connectivity index (χ3v) is 4.71. The molecule has 3 aromatic carbocycles. The first-order valence-corrected chi connectivity index (χ1v) is 10.1. The number of amides is 1. The van der Waals surface area contributed by atoms with Crippen LogP contribution >= 0.6 is 12.2 Å². The minimum Gasteiger partial charge on any atom is -0.470 e. The van der Waals surface area contributed by atoms with Crippen LogP contribution in [0.15, 0.2) is 78.9 Å². The molecule has 0 spiro atoms. The van der Waals surface area contributed by atoms with Crippen molar-refractivity contribution in [2.75, 3.05) is 5.32 Å². The number of ether oxygens (including phenoxy) is 1. The predicted molar refractivity (Wildman–Crippen MR) is 125 cm³/mol. The van der Waals surface area contributed by atoms with Crippen LogP contribution < -0.4 is 15.4 Å². The lowest BCUT2D eigenvalue weighted by atomic mass is 10.2. The number of benzene rings is 3. The Hall–Kier alpha value is -3.84. The number of carbonyl (C=O) groups excluding carboxylic acids is 1. The van der Waals surface area contributed by atoms with Crippen molar-refractivity contribution in [3.8, 4) is 5.88 Å². The molecule has 31 heavy (non-hydrogen) atoms. The van der Waals surface area contributed by atoms with Gasteiger partial charge in [-0.15, -0.1) is 0 Å². The summed E-state index contributed by atoms with van der Waals surface area (Å²) in [6.07, 6.45) is 0. The van der Waals surface area contributed by atoms with Crippen molar-refractivity contribution in [2.24, 2.45) is 0 Å². The zero-order chi connectivity index (χ0) is 21.6. The third kappa shape index (κ3) is 5.21. The molecule has 1 aromatic heterocycles. The summed E-state index contributed by atoms with van der Waals surface area (Å²) in [5.41, 5.74) is 3.99. The highest BCUT2D eigenvalue weighted by atomic mass is 32.1. The number of carbonyl (C=O) groups is 1. The molecule has 0 unspecified atom stereocenters. The lowest BCUT2D eigenvalue weighted by Crippen LogP contribution is -2.34. The van der Waals surface area contributed by atoms with E-state index < -0.39 is 0 Å². The summed E-state index contributed by atoms with van der Waals surface area (Å²) in [6.45, 7) is 2.32. The second kappa shape index (κ2) is 9.32. The molecule has 1 heterocycles. The van der Waals surface area contributed by atoms with Gasteiger partial charge in [0.1, 0.15) is 6.61 Å². The summed E-state index contributed by atoms with van der Waals surface area (Å²) < 4.78 is 5.95. The quantitative estimate of drug-likeness (QED) is 0.451. The van der Waals surface area contributed by atoms with Crippen LogP contribution in [0.4, 0.5) is 5.82 Å². The van der Waals surface area contributed by atoms with Gasteiger partial charge >= 0.3 is 0 Å². The van der Waals surface area contributed by atoms with E-state index in [0.29, 0.717) is 34.9 Å². The average Bonchev–Trinajstić information content (AvgIpc) is 2.79. The molecule has 0 atom stereocenters. The number of aromatic nitrogens is 2. The summed E-state index contributed by atoms with van der Waals surface area (Å²) in [7, 11) is 0. The van der Waals surface area contributed by atoms with E-state index in [-0.39, 0.29) is 11.0 Å². The Morgan fingerprint density at radius 2 is 1.65 bits per heavy atom. The predicted octanol–water partition coefficient (Wildman–Crippen LogP) is 4.64. The third-order valence-electron chi connectivity index (χ3n) is 4.50. The molecule has 0 bridgehead atoms. The Kier molecular flexibility index (Phi) is 6.14. The molecule has 0 aliphatic rings. The fraction of sp³-hybridized carbons (Fsp3) is 0.0833. The topological polar surface area (TPSA) is 76.1 Å². The maximum Gasteiger partial charge on any atom is 0.258 e. The van der Waals surface area contributed by atoms with Gasteiger partial charge in [0.25, 0.3) is 11.8 Å². The summed E-state index contributed by atoms with van der Waals surface area (Å²) in [5, 5.41) is 5.73. The first kappa shape index (κ1) is 20.4. The molecule has 4 rings (SSSR count). The van der Waals surface area contributed by atoms with Gasteiger partial charge < -0.3 is 10.1 Å². The number of hydrogen-bond donors (Lipinski definition) is 2. The molecule has 7 heteroatoms. The standard InChI is InChI=1S/C24H20N4O2S/c1-16-12-13-19-20(14-16)26-23(30-15-17-8-4-2-5-9-17)21(25-19)27-24(31)28-22(29)18-10-6-3-7-11-18/h2-14H,15H2,1H3,(H2,25,27,28,29,31). The molecule has 0 aliphatic heterocycles. The van der Waals surface area contributed by atoms with Gasteiger partial charge in [-0.1, -0.05) is 54.6 Å². The van der Waals surface area contributed by atoms with Gasteiger partial charge in [-0.25, -0.2) is 9.97 Å². The van der Waals surface area contributed by atoms with Crippen LogP contribution in [0.2, 0.25) is 0 Å². The van der Waals surface area contributed by atoms with Gasteiger partial charge in [-0.2, -0.15) is 0 Å². The molecule has 0 saturated carbocycles. The second-order valence-corrected chi connectivity index (χ2v) is 7.33. The van der Waals surface area contributed by atoms with Gasteiger partial charge in [-0.3, -0.25) is 10.1 Å². The molecule has 6 nitrogen and oxygen atoms in total. The van der Waals surface area contributed by atoms with E-state index in [1.807, 2.05) is 61.5 Å². The van der Waals surface area contributed by atoms with Crippen LogP contribution in [0.25, 0.3) is 11.0 Å². The number of thiocarbonyl (C=S) groups is 1. The molecule has 154 valence electrons. The number of fused-ring (bicyclic) bond motifs is 1. The van der Waals surface area contributed by atoms with E-state index in [0.717, 1.165) is 11.1 Å². The van der Waals surface area contributed by atoms with Gasteiger partial charge in [0.15, 0.2) is 10.9 Å². The van der Waals surface area contributed by atoms with E-state index in [1.54, 1.807) is 24.3 Å². The normalized spacial score (nSPS) is 10.5. The fourth-order valence-corrected chi connectivity index (χ4v) is 3.15. The average molecular weight is 429 g/mol. The highest BCUT2D eigenvalue weighted by Crippen LogP contribution is 2.25. The summed E-state index contributed by atoms with van der Waals surface area (Å²) in [5.74, 6) is 0.332. The lowest BCUT2D eigenvalue weighted by molar-refractivity contribution is 0.0977. The Bertz CT molecular complexity index is 1230. The number of nitrogens with one attached hydrogen (secondary N) is 2. The van der Waals surface area contributed by atoms with Gasteiger partial charge in [0.05, 0.1) is 11.0 Å². The molecule has 1 amide bonds. The van der Waals surface area contributed by atoms with E-state index in [2.05, 4.69) is 20.6 Å². The van der Waals surface area contributed by atoms with Gasteiger partial charge in [0, 0.05) is 5.56 Å². The second-order valence-electron chi connectivity index (χ2n) is 6.92. The Balaban J connectivity index is 1.57. The van der Waals surface area contributed by atoms with Crippen LogP contribution in [0.3, 0.4) is 0 Å². The highest BCUT2D eigenvalue weighted by Gasteiger charge is 2.14. The van der Waals surface area contributed by atoms with Gasteiger partial charge in [-0.05, 0) is 54.5 Å². The van der Waals surface area contributed by atoms with Crippen LogP contribution in [0, 0.1) is 6.92 Å². The first-order chi connectivity index (χ1) is 15.1. The zero-order valence-electron chi connectivity index (χ0n) is 16.8. The van der Waals surface area contributed by atoms with Crippen molar-refractivity contribution in [1.82, 2.24) is 15.3 Å². The smallest absolute Gasteiger partial charge is 0.258 e. The van der Waals surface area contributed by atoms with Crippen LogP contribution in [0.5, 0.6) is 5.88 Å². The van der Waals surface area contributed by atoms with Crippen LogP contribution in [-0.4, -0.2) is 21.0 Å². The van der Waals surface area contributed by atoms with Gasteiger partial charge in [0.2, 0.25) is 0 Å². The first-order valence-electron chi connectivity index (χ1n) is 9.71. The van der Waals surface area contributed by atoms with Crippen molar-refractivity contribution in [3.05, 3.63) is 95.6 Å². The molecule has 0 saturated heterocycles. The summed E-state index contributed by atoms with van der Waals surface area (Å²) in [4.78, 5) is 21.6. The van der Waals surface area contributed by atoms with Crippen LogP contribution in [-0.2, 0) is 6.61 Å². The molecule has 2 N–H and O–H groups in total. The SMILES string of the molecule is Cc1ccc2nc(NC(=S)NC(=O)c3ccccc3)c(OCc3ccccc3)nc2c1. The molecule has 0 fully saturated rings. The summed E-state index contributed by atoms with van der Waals surface area (Å²) in [6, 6.07) is 24.4. The fourth-order valence-electron chi connectivity index (χ4n) is 2.96. The maximum atomic E-state index is 12.4. The number of rotatable bonds is 5. The highest BCUT2D eigenvalue weighted by molar-refractivity contribution is 7.80.